The molecule has 0 bridgehead atoms. The van der Waals surface area contributed by atoms with Crippen molar-refractivity contribution in [3.05, 3.63) is 105 Å². The molecule has 0 aromatic heterocycles. The number of amides is 1. The molecule has 37 heavy (non-hydrogen) atoms. The fourth-order valence-electron chi connectivity index (χ4n) is 6.31. The van der Waals surface area contributed by atoms with E-state index in [0.29, 0.717) is 17.5 Å². The Morgan fingerprint density at radius 3 is 2.32 bits per heavy atom. The predicted molar refractivity (Wildman–Crippen MR) is 137 cm³/mol. The Hall–Kier alpha value is -4.46. The van der Waals surface area contributed by atoms with E-state index >= 15 is 0 Å². The van der Waals surface area contributed by atoms with Crippen molar-refractivity contribution in [1.82, 2.24) is 0 Å². The zero-order valence-electron chi connectivity index (χ0n) is 20.0. The molecule has 0 spiro atoms. The van der Waals surface area contributed by atoms with Crippen LogP contribution in [0.15, 0.2) is 72.8 Å². The number of carboxylic acids is 1. The number of nitro benzene ring substituents is 1. The van der Waals surface area contributed by atoms with Crippen LogP contribution in [-0.4, -0.2) is 34.7 Å². The minimum absolute atomic E-state index is 0.0192. The fourth-order valence-corrected chi connectivity index (χ4v) is 6.31. The summed E-state index contributed by atoms with van der Waals surface area (Å²) in [5, 5.41) is 22.2. The third kappa shape index (κ3) is 3.43. The molecule has 0 unspecified atom stereocenters. The second kappa shape index (κ2) is 8.58. The summed E-state index contributed by atoms with van der Waals surface area (Å²) in [7, 11) is 0. The van der Waals surface area contributed by atoms with E-state index in [1.807, 2.05) is 60.7 Å². The minimum atomic E-state index is -1.20. The molecule has 8 nitrogen and oxygen atoms in total. The lowest BCUT2D eigenvalue weighted by atomic mass is 9.76. The van der Waals surface area contributed by atoms with E-state index < -0.39 is 34.9 Å². The molecule has 0 saturated heterocycles. The van der Waals surface area contributed by atoms with E-state index in [2.05, 4.69) is 0 Å². The lowest BCUT2D eigenvalue weighted by Crippen LogP contribution is -2.54. The number of hydrogen-bond donors (Lipinski definition) is 1. The molecule has 2 aliphatic carbocycles. The zero-order valence-corrected chi connectivity index (χ0v) is 20.0. The van der Waals surface area contributed by atoms with Crippen molar-refractivity contribution < 1.29 is 24.4 Å². The molecule has 3 atom stereocenters. The van der Waals surface area contributed by atoms with Crippen molar-refractivity contribution in [2.45, 2.75) is 31.2 Å². The Bertz CT molecular complexity index is 1450. The van der Waals surface area contributed by atoms with Crippen molar-refractivity contribution in [2.75, 3.05) is 11.5 Å². The molecule has 0 saturated carbocycles. The van der Waals surface area contributed by atoms with Gasteiger partial charge in [0.15, 0.2) is 0 Å². The van der Waals surface area contributed by atoms with Crippen LogP contribution in [-0.2, 0) is 9.53 Å². The molecular weight excluding hydrogens is 472 g/mol. The molecule has 1 aliphatic heterocycles. The summed E-state index contributed by atoms with van der Waals surface area (Å²) >= 11 is 0. The summed E-state index contributed by atoms with van der Waals surface area (Å²) in [4.78, 5) is 38.9. The SMILES string of the molecule is Cc1ccc([N+](=O)[O-])c2c1N(C(=O)OCC1c3ccccc3-c3ccccc31)[C@H](C(=O)O)[C@@H]1CC=C[C@H]21. The highest BCUT2D eigenvalue weighted by molar-refractivity contribution is 5.99. The van der Waals surface area contributed by atoms with Crippen molar-refractivity contribution in [2.24, 2.45) is 5.92 Å². The van der Waals surface area contributed by atoms with Crippen LogP contribution in [0.2, 0.25) is 0 Å². The predicted octanol–water partition coefficient (Wildman–Crippen LogP) is 5.79. The molecule has 3 aliphatic rings. The third-order valence-electron chi connectivity index (χ3n) is 7.85. The van der Waals surface area contributed by atoms with Crippen molar-refractivity contribution >= 4 is 23.4 Å². The number of nitro groups is 1. The normalized spacial score (nSPS) is 21.1. The topological polar surface area (TPSA) is 110 Å². The molecule has 8 heteroatoms. The van der Waals surface area contributed by atoms with Crippen LogP contribution < -0.4 is 4.90 Å². The number of carboxylic acid groups (broad SMARTS) is 1. The molecule has 3 aromatic carbocycles. The first kappa shape index (κ1) is 23.0. The van der Waals surface area contributed by atoms with Gasteiger partial charge in [-0.1, -0.05) is 66.7 Å². The zero-order chi connectivity index (χ0) is 25.8. The monoisotopic (exact) mass is 496 g/mol. The maximum Gasteiger partial charge on any atom is 0.415 e. The second-order valence-corrected chi connectivity index (χ2v) is 9.73. The molecular formula is C29H24N2O6. The first-order valence-electron chi connectivity index (χ1n) is 12.2. The van der Waals surface area contributed by atoms with Gasteiger partial charge in [0.05, 0.1) is 16.2 Å². The van der Waals surface area contributed by atoms with E-state index in [1.54, 1.807) is 13.0 Å². The molecule has 3 aromatic rings. The van der Waals surface area contributed by atoms with E-state index in [0.717, 1.165) is 27.2 Å². The van der Waals surface area contributed by atoms with E-state index in [-0.39, 0.29) is 23.9 Å². The Kier molecular flexibility index (Phi) is 5.33. The number of nitrogens with zero attached hydrogens (tertiary/aromatic N) is 2. The van der Waals surface area contributed by atoms with Crippen LogP contribution in [0, 0.1) is 23.0 Å². The minimum Gasteiger partial charge on any atom is -0.480 e. The van der Waals surface area contributed by atoms with Gasteiger partial charge in [-0.2, -0.15) is 0 Å². The molecule has 1 amide bonds. The number of aryl methyl sites for hydroxylation is 1. The average molecular weight is 497 g/mol. The average Bonchev–Trinajstić information content (AvgIpc) is 3.49. The number of carbonyl (C=O) groups excluding carboxylic acids is 1. The quantitative estimate of drug-likeness (QED) is 0.278. The van der Waals surface area contributed by atoms with Gasteiger partial charge in [-0.15, -0.1) is 0 Å². The molecule has 0 radical (unpaired) electrons. The summed E-state index contributed by atoms with van der Waals surface area (Å²) in [5.74, 6) is -2.35. The number of carbonyl (C=O) groups is 2. The fraction of sp³-hybridized carbons (Fsp3) is 0.241. The van der Waals surface area contributed by atoms with Gasteiger partial charge in [-0.25, -0.2) is 9.59 Å². The highest BCUT2D eigenvalue weighted by Gasteiger charge is 2.51. The maximum absolute atomic E-state index is 13.7. The lowest BCUT2D eigenvalue weighted by molar-refractivity contribution is -0.385. The van der Waals surface area contributed by atoms with Gasteiger partial charge >= 0.3 is 12.1 Å². The third-order valence-corrected chi connectivity index (χ3v) is 7.85. The number of fused-ring (bicyclic) bond motifs is 6. The smallest absolute Gasteiger partial charge is 0.415 e. The Morgan fingerprint density at radius 2 is 1.70 bits per heavy atom. The number of rotatable bonds is 4. The van der Waals surface area contributed by atoms with Crippen molar-refractivity contribution in [1.29, 1.82) is 0 Å². The van der Waals surface area contributed by atoms with E-state index in [9.17, 15) is 24.8 Å². The number of anilines is 1. The van der Waals surface area contributed by atoms with Gasteiger partial charge in [-0.3, -0.25) is 15.0 Å². The van der Waals surface area contributed by atoms with Gasteiger partial charge in [0, 0.05) is 23.8 Å². The number of hydrogen-bond acceptors (Lipinski definition) is 5. The standard InChI is InChI=1S/C29H24N2O6/c1-16-13-14-24(31(35)36)25-21-11-6-12-22(21)27(28(32)33)30(26(16)25)29(34)37-15-23-19-9-4-2-7-17(19)18-8-3-5-10-20(18)23/h2-11,13-14,21-23,27H,12,15H2,1H3,(H,32,33)/t21-,22+,27-/m0/s1. The van der Waals surface area contributed by atoms with Crippen LogP contribution in [0.4, 0.5) is 16.2 Å². The number of aliphatic carboxylic acids is 1. The second-order valence-electron chi connectivity index (χ2n) is 9.73. The number of allylic oxidation sites excluding steroid dienone is 2. The molecule has 1 N–H and O–H groups in total. The maximum atomic E-state index is 13.7. The summed E-state index contributed by atoms with van der Waals surface area (Å²) in [5.41, 5.74) is 5.33. The van der Waals surface area contributed by atoms with Gasteiger partial charge in [0.25, 0.3) is 5.69 Å². The van der Waals surface area contributed by atoms with Crippen LogP contribution in [0.3, 0.4) is 0 Å². The molecule has 6 rings (SSSR count). The van der Waals surface area contributed by atoms with Crippen LogP contribution in [0.5, 0.6) is 0 Å². The first-order chi connectivity index (χ1) is 17.9. The lowest BCUT2D eigenvalue weighted by Gasteiger charge is -2.41. The highest BCUT2D eigenvalue weighted by atomic mass is 16.6. The first-order valence-corrected chi connectivity index (χ1v) is 12.2. The largest absolute Gasteiger partial charge is 0.480 e. The van der Waals surface area contributed by atoms with E-state index in [1.165, 1.54) is 6.07 Å². The summed E-state index contributed by atoms with van der Waals surface area (Å²) in [6.45, 7) is 1.75. The van der Waals surface area contributed by atoms with E-state index in [4.69, 9.17) is 4.74 Å². The van der Waals surface area contributed by atoms with Crippen molar-refractivity contribution in [3.8, 4) is 11.1 Å². The number of ether oxygens (including phenoxy) is 1. The molecule has 186 valence electrons. The summed E-state index contributed by atoms with van der Waals surface area (Å²) < 4.78 is 5.85. The van der Waals surface area contributed by atoms with Gasteiger partial charge in [-0.05, 0) is 41.2 Å². The summed E-state index contributed by atoms with van der Waals surface area (Å²) in [6.07, 6.45) is 3.24. The Balaban J connectivity index is 1.40. The van der Waals surface area contributed by atoms with Crippen molar-refractivity contribution in [3.63, 3.8) is 0 Å². The van der Waals surface area contributed by atoms with Crippen LogP contribution in [0.25, 0.3) is 11.1 Å². The summed E-state index contributed by atoms with van der Waals surface area (Å²) in [6, 6.07) is 17.7. The molecule has 1 heterocycles. The Labute approximate surface area is 212 Å². The van der Waals surface area contributed by atoms with Gasteiger partial charge in [0.1, 0.15) is 12.6 Å². The van der Waals surface area contributed by atoms with Crippen LogP contribution in [0.1, 0.15) is 40.5 Å². The molecule has 0 fully saturated rings. The Morgan fingerprint density at radius 1 is 1.05 bits per heavy atom. The van der Waals surface area contributed by atoms with Gasteiger partial charge < -0.3 is 9.84 Å². The van der Waals surface area contributed by atoms with Crippen LogP contribution >= 0.6 is 0 Å². The van der Waals surface area contributed by atoms with Gasteiger partial charge in [0.2, 0.25) is 0 Å². The number of benzene rings is 3. The highest BCUT2D eigenvalue weighted by Crippen LogP contribution is 2.52.